The highest BCUT2D eigenvalue weighted by atomic mass is 16.5. The molecule has 0 aromatic rings. The van der Waals surface area contributed by atoms with Crippen molar-refractivity contribution in [1.29, 1.82) is 0 Å². The van der Waals surface area contributed by atoms with Crippen LogP contribution in [0.2, 0.25) is 0 Å². The van der Waals surface area contributed by atoms with E-state index in [-0.39, 0.29) is 5.60 Å². The maximum atomic E-state index is 5.98. The molecule has 0 aromatic heterocycles. The molecule has 0 unspecified atom stereocenters. The fourth-order valence-corrected chi connectivity index (χ4v) is 2.63. The SMILES string of the molecule is CC1CCC2(CC1)CN(C)CCO2. The molecule has 2 nitrogen and oxygen atoms in total. The van der Waals surface area contributed by atoms with Gasteiger partial charge in [0.2, 0.25) is 0 Å². The third-order valence-corrected chi connectivity index (χ3v) is 3.62. The fraction of sp³-hybridized carbons (Fsp3) is 1.00. The van der Waals surface area contributed by atoms with Crippen LogP contribution in [0.15, 0.2) is 0 Å². The Morgan fingerprint density at radius 3 is 2.62 bits per heavy atom. The van der Waals surface area contributed by atoms with Gasteiger partial charge in [0, 0.05) is 13.1 Å². The molecule has 13 heavy (non-hydrogen) atoms. The Morgan fingerprint density at radius 2 is 2.00 bits per heavy atom. The standard InChI is InChI=1S/C11H21NO/c1-10-3-5-11(6-4-10)9-12(2)7-8-13-11/h10H,3-9H2,1-2H3. The van der Waals surface area contributed by atoms with Crippen molar-refractivity contribution in [3.63, 3.8) is 0 Å². The number of nitrogens with zero attached hydrogens (tertiary/aromatic N) is 1. The number of hydrogen-bond acceptors (Lipinski definition) is 2. The molecule has 1 aliphatic carbocycles. The smallest absolute Gasteiger partial charge is 0.0809 e. The monoisotopic (exact) mass is 183 g/mol. The van der Waals surface area contributed by atoms with Gasteiger partial charge in [0.1, 0.15) is 0 Å². The molecule has 2 aliphatic rings. The second kappa shape index (κ2) is 3.58. The maximum absolute atomic E-state index is 5.98. The molecular weight excluding hydrogens is 162 g/mol. The molecule has 1 heterocycles. The van der Waals surface area contributed by atoms with Crippen LogP contribution in [-0.2, 0) is 4.74 Å². The Kier molecular flexibility index (Phi) is 2.61. The van der Waals surface area contributed by atoms with Crippen molar-refractivity contribution in [3.05, 3.63) is 0 Å². The summed E-state index contributed by atoms with van der Waals surface area (Å²) in [5, 5.41) is 0. The summed E-state index contributed by atoms with van der Waals surface area (Å²) in [6.45, 7) is 5.56. The molecule has 0 bridgehead atoms. The first-order chi connectivity index (χ1) is 6.20. The zero-order valence-corrected chi connectivity index (χ0v) is 8.88. The number of likely N-dealkylation sites (N-methyl/N-ethyl adjacent to an activating group) is 1. The number of ether oxygens (including phenoxy) is 1. The van der Waals surface area contributed by atoms with E-state index in [4.69, 9.17) is 4.74 Å². The highest BCUT2D eigenvalue weighted by molar-refractivity contribution is 4.90. The molecule has 0 amide bonds. The van der Waals surface area contributed by atoms with Gasteiger partial charge in [-0.3, -0.25) is 0 Å². The quantitative estimate of drug-likeness (QED) is 0.568. The van der Waals surface area contributed by atoms with Gasteiger partial charge >= 0.3 is 0 Å². The molecule has 2 heteroatoms. The molecule has 0 radical (unpaired) electrons. The van der Waals surface area contributed by atoms with Crippen LogP contribution in [0.5, 0.6) is 0 Å². The van der Waals surface area contributed by atoms with Crippen LogP contribution in [0, 0.1) is 5.92 Å². The third-order valence-electron chi connectivity index (χ3n) is 3.62. The van der Waals surface area contributed by atoms with Crippen molar-refractivity contribution in [3.8, 4) is 0 Å². The average Bonchev–Trinajstić information content (AvgIpc) is 2.11. The number of hydrogen-bond donors (Lipinski definition) is 0. The second-order valence-corrected chi connectivity index (χ2v) is 4.95. The lowest BCUT2D eigenvalue weighted by Crippen LogP contribution is -2.51. The molecule has 76 valence electrons. The van der Waals surface area contributed by atoms with E-state index in [0.29, 0.717) is 0 Å². The van der Waals surface area contributed by atoms with Crippen molar-refractivity contribution in [2.24, 2.45) is 5.92 Å². The fourth-order valence-electron chi connectivity index (χ4n) is 2.63. The Morgan fingerprint density at radius 1 is 1.31 bits per heavy atom. The van der Waals surface area contributed by atoms with E-state index >= 15 is 0 Å². The predicted octanol–water partition coefficient (Wildman–Crippen LogP) is 1.90. The Labute approximate surface area is 81.3 Å². The van der Waals surface area contributed by atoms with E-state index in [1.54, 1.807) is 0 Å². The molecule has 0 N–H and O–H groups in total. The minimum atomic E-state index is 0.236. The van der Waals surface area contributed by atoms with E-state index in [2.05, 4.69) is 18.9 Å². The largest absolute Gasteiger partial charge is 0.372 e. The first-order valence-corrected chi connectivity index (χ1v) is 5.53. The van der Waals surface area contributed by atoms with Crippen molar-refractivity contribution in [2.75, 3.05) is 26.7 Å². The molecule has 2 fully saturated rings. The summed E-state index contributed by atoms with van der Waals surface area (Å²) in [6.07, 6.45) is 5.26. The summed E-state index contributed by atoms with van der Waals surface area (Å²) >= 11 is 0. The molecule has 1 spiro atoms. The van der Waals surface area contributed by atoms with E-state index in [1.165, 1.54) is 25.7 Å². The van der Waals surface area contributed by atoms with Crippen molar-refractivity contribution in [2.45, 2.75) is 38.2 Å². The van der Waals surface area contributed by atoms with Gasteiger partial charge < -0.3 is 9.64 Å². The lowest BCUT2D eigenvalue weighted by molar-refractivity contribution is -0.126. The van der Waals surface area contributed by atoms with Gasteiger partial charge in [-0.25, -0.2) is 0 Å². The van der Waals surface area contributed by atoms with E-state index < -0.39 is 0 Å². The van der Waals surface area contributed by atoms with Crippen LogP contribution in [0.4, 0.5) is 0 Å². The number of rotatable bonds is 0. The molecule has 2 rings (SSSR count). The van der Waals surface area contributed by atoms with Crippen molar-refractivity contribution < 1.29 is 4.74 Å². The Hall–Kier alpha value is -0.0800. The summed E-state index contributed by atoms with van der Waals surface area (Å²) in [6, 6.07) is 0. The van der Waals surface area contributed by atoms with Crippen molar-refractivity contribution in [1.82, 2.24) is 4.90 Å². The maximum Gasteiger partial charge on any atom is 0.0809 e. The molecule has 1 saturated carbocycles. The molecular formula is C11H21NO. The van der Waals surface area contributed by atoms with Gasteiger partial charge in [0.05, 0.1) is 12.2 Å². The lowest BCUT2D eigenvalue weighted by atomic mass is 9.78. The second-order valence-electron chi connectivity index (χ2n) is 4.95. The summed E-state index contributed by atoms with van der Waals surface area (Å²) < 4.78 is 5.98. The summed E-state index contributed by atoms with van der Waals surface area (Å²) in [5.41, 5.74) is 0.236. The van der Waals surface area contributed by atoms with Crippen LogP contribution in [-0.4, -0.2) is 37.2 Å². The first kappa shape index (κ1) is 9.47. The normalized spacial score (nSPS) is 42.5. The Balaban J connectivity index is 1.95. The topological polar surface area (TPSA) is 12.5 Å². The van der Waals surface area contributed by atoms with Gasteiger partial charge in [-0.05, 0) is 38.6 Å². The van der Waals surface area contributed by atoms with Gasteiger partial charge in [0.15, 0.2) is 0 Å². The predicted molar refractivity (Wildman–Crippen MR) is 53.8 cm³/mol. The third kappa shape index (κ3) is 2.05. The zero-order chi connectivity index (χ0) is 9.31. The zero-order valence-electron chi connectivity index (χ0n) is 8.88. The average molecular weight is 183 g/mol. The lowest BCUT2D eigenvalue weighted by Gasteiger charge is -2.45. The minimum Gasteiger partial charge on any atom is -0.372 e. The summed E-state index contributed by atoms with van der Waals surface area (Å²) in [4.78, 5) is 2.42. The first-order valence-electron chi connectivity index (χ1n) is 5.53. The summed E-state index contributed by atoms with van der Waals surface area (Å²) in [5.74, 6) is 0.918. The highest BCUT2D eigenvalue weighted by Crippen LogP contribution is 2.36. The van der Waals surface area contributed by atoms with E-state index in [0.717, 1.165) is 25.6 Å². The summed E-state index contributed by atoms with van der Waals surface area (Å²) in [7, 11) is 2.21. The minimum absolute atomic E-state index is 0.236. The van der Waals surface area contributed by atoms with Gasteiger partial charge in [-0.15, -0.1) is 0 Å². The molecule has 0 atom stereocenters. The van der Waals surface area contributed by atoms with Crippen LogP contribution in [0.1, 0.15) is 32.6 Å². The van der Waals surface area contributed by atoms with Gasteiger partial charge in [-0.1, -0.05) is 6.92 Å². The van der Waals surface area contributed by atoms with Gasteiger partial charge in [0.25, 0.3) is 0 Å². The molecule has 0 aromatic carbocycles. The molecule has 1 aliphatic heterocycles. The van der Waals surface area contributed by atoms with Crippen LogP contribution < -0.4 is 0 Å². The van der Waals surface area contributed by atoms with Gasteiger partial charge in [-0.2, -0.15) is 0 Å². The van der Waals surface area contributed by atoms with Crippen molar-refractivity contribution >= 4 is 0 Å². The molecule has 1 saturated heterocycles. The number of morpholine rings is 1. The van der Waals surface area contributed by atoms with E-state index in [9.17, 15) is 0 Å². The van der Waals surface area contributed by atoms with E-state index in [1.807, 2.05) is 0 Å². The Bertz CT molecular complexity index is 173. The van der Waals surface area contributed by atoms with Crippen LogP contribution in [0.25, 0.3) is 0 Å². The van der Waals surface area contributed by atoms with Crippen LogP contribution in [0.3, 0.4) is 0 Å². The van der Waals surface area contributed by atoms with Crippen LogP contribution >= 0.6 is 0 Å². The highest BCUT2D eigenvalue weighted by Gasteiger charge is 2.38.